The van der Waals surface area contributed by atoms with Gasteiger partial charge in [-0.2, -0.15) is 0 Å². The summed E-state index contributed by atoms with van der Waals surface area (Å²) in [5, 5.41) is 14.3. The van der Waals surface area contributed by atoms with Crippen molar-refractivity contribution in [1.82, 2.24) is 20.1 Å². The van der Waals surface area contributed by atoms with E-state index in [4.69, 9.17) is 9.47 Å². The summed E-state index contributed by atoms with van der Waals surface area (Å²) >= 11 is 0. The molecule has 8 nitrogen and oxygen atoms in total. The first kappa shape index (κ1) is 16.6. The number of aryl methyl sites for hydroxylation is 1. The summed E-state index contributed by atoms with van der Waals surface area (Å²) in [6.07, 6.45) is 1.66. The molecular formula is C15H22N6O2. The molecule has 0 aliphatic carbocycles. The third-order valence-corrected chi connectivity index (χ3v) is 3.17. The Morgan fingerprint density at radius 3 is 2.78 bits per heavy atom. The fourth-order valence-electron chi connectivity index (χ4n) is 1.97. The second-order valence-corrected chi connectivity index (χ2v) is 4.71. The molecule has 0 amide bonds. The summed E-state index contributed by atoms with van der Waals surface area (Å²) in [6.45, 7) is 3.02. The highest BCUT2D eigenvalue weighted by Gasteiger charge is 2.08. The number of hydrogen-bond acceptors (Lipinski definition) is 5. The molecule has 1 heterocycles. The Balaban J connectivity index is 2.04. The Hall–Kier alpha value is -2.77. The van der Waals surface area contributed by atoms with E-state index in [-0.39, 0.29) is 0 Å². The van der Waals surface area contributed by atoms with E-state index in [0.717, 1.165) is 11.5 Å². The molecule has 2 N–H and O–H groups in total. The highest BCUT2D eigenvalue weighted by molar-refractivity contribution is 5.93. The number of nitrogens with one attached hydrogen (secondary N) is 2. The van der Waals surface area contributed by atoms with E-state index in [0.29, 0.717) is 30.6 Å². The molecule has 0 aliphatic rings. The SMILES string of the molecule is CCOc1cc(NC(=NC)NCc2nncn2C)ccc1OC. The van der Waals surface area contributed by atoms with Gasteiger partial charge in [-0.1, -0.05) is 0 Å². The Morgan fingerprint density at radius 2 is 2.17 bits per heavy atom. The molecule has 0 saturated carbocycles. The van der Waals surface area contributed by atoms with Crippen molar-refractivity contribution < 1.29 is 9.47 Å². The summed E-state index contributed by atoms with van der Waals surface area (Å²) < 4.78 is 12.7. The van der Waals surface area contributed by atoms with Crippen LogP contribution in [-0.2, 0) is 13.6 Å². The molecule has 23 heavy (non-hydrogen) atoms. The zero-order chi connectivity index (χ0) is 16.7. The Labute approximate surface area is 135 Å². The summed E-state index contributed by atoms with van der Waals surface area (Å²) in [5.74, 6) is 2.82. The summed E-state index contributed by atoms with van der Waals surface area (Å²) in [6, 6.07) is 5.62. The average Bonchev–Trinajstić information content (AvgIpc) is 2.97. The number of rotatable bonds is 6. The standard InChI is InChI=1S/C15H22N6O2/c1-5-23-13-8-11(6-7-12(13)22-4)19-15(16-2)17-9-14-20-18-10-21(14)3/h6-8,10H,5,9H2,1-4H3,(H2,16,17,19). The number of ether oxygens (including phenoxy) is 2. The molecule has 0 fully saturated rings. The smallest absolute Gasteiger partial charge is 0.195 e. The second kappa shape index (κ2) is 8.02. The van der Waals surface area contributed by atoms with Crippen molar-refractivity contribution in [2.75, 3.05) is 26.1 Å². The van der Waals surface area contributed by atoms with Gasteiger partial charge in [0.1, 0.15) is 6.33 Å². The Kier molecular flexibility index (Phi) is 5.79. The van der Waals surface area contributed by atoms with Crippen molar-refractivity contribution in [3.63, 3.8) is 0 Å². The zero-order valence-corrected chi connectivity index (χ0v) is 13.8. The van der Waals surface area contributed by atoms with E-state index in [2.05, 4.69) is 25.8 Å². The van der Waals surface area contributed by atoms with Crippen molar-refractivity contribution >= 4 is 11.6 Å². The molecule has 0 saturated heterocycles. The van der Waals surface area contributed by atoms with E-state index in [1.165, 1.54) is 0 Å². The van der Waals surface area contributed by atoms with Gasteiger partial charge in [-0.05, 0) is 19.1 Å². The molecule has 8 heteroatoms. The molecule has 0 unspecified atom stereocenters. The maximum atomic E-state index is 5.57. The number of aromatic nitrogens is 3. The van der Waals surface area contributed by atoms with Crippen LogP contribution in [0.5, 0.6) is 11.5 Å². The lowest BCUT2D eigenvalue weighted by Crippen LogP contribution is -2.31. The van der Waals surface area contributed by atoms with Gasteiger partial charge in [-0.15, -0.1) is 10.2 Å². The highest BCUT2D eigenvalue weighted by Crippen LogP contribution is 2.30. The van der Waals surface area contributed by atoms with Crippen molar-refractivity contribution in [1.29, 1.82) is 0 Å². The number of nitrogens with zero attached hydrogens (tertiary/aromatic N) is 4. The second-order valence-electron chi connectivity index (χ2n) is 4.71. The number of hydrogen-bond donors (Lipinski definition) is 2. The van der Waals surface area contributed by atoms with Gasteiger partial charge < -0.3 is 24.7 Å². The molecule has 0 radical (unpaired) electrons. The van der Waals surface area contributed by atoms with Crippen LogP contribution in [0.15, 0.2) is 29.5 Å². The van der Waals surface area contributed by atoms with Crippen molar-refractivity contribution in [2.24, 2.45) is 12.0 Å². The predicted molar refractivity (Wildman–Crippen MR) is 89.0 cm³/mol. The van der Waals surface area contributed by atoms with Crippen LogP contribution in [-0.4, -0.2) is 41.5 Å². The number of benzene rings is 1. The van der Waals surface area contributed by atoms with E-state index in [9.17, 15) is 0 Å². The third-order valence-electron chi connectivity index (χ3n) is 3.17. The summed E-state index contributed by atoms with van der Waals surface area (Å²) in [7, 11) is 5.22. The van der Waals surface area contributed by atoms with Crippen LogP contribution in [0.1, 0.15) is 12.7 Å². The number of guanidine groups is 1. The fraction of sp³-hybridized carbons (Fsp3) is 0.400. The molecule has 0 bridgehead atoms. The number of anilines is 1. The lowest BCUT2D eigenvalue weighted by Gasteiger charge is -2.14. The zero-order valence-electron chi connectivity index (χ0n) is 13.8. The number of methoxy groups -OCH3 is 1. The van der Waals surface area contributed by atoms with Crippen LogP contribution in [0.4, 0.5) is 5.69 Å². The van der Waals surface area contributed by atoms with Crippen LogP contribution in [0.25, 0.3) is 0 Å². The lowest BCUT2D eigenvalue weighted by molar-refractivity contribution is 0.311. The van der Waals surface area contributed by atoms with Gasteiger partial charge in [-0.3, -0.25) is 4.99 Å². The highest BCUT2D eigenvalue weighted by atomic mass is 16.5. The minimum absolute atomic E-state index is 0.518. The van der Waals surface area contributed by atoms with Crippen LogP contribution in [0, 0.1) is 0 Å². The summed E-state index contributed by atoms with van der Waals surface area (Å²) in [4.78, 5) is 4.20. The maximum Gasteiger partial charge on any atom is 0.195 e. The van der Waals surface area contributed by atoms with Gasteiger partial charge in [0.2, 0.25) is 0 Å². The van der Waals surface area contributed by atoms with Gasteiger partial charge in [0.15, 0.2) is 23.3 Å². The lowest BCUT2D eigenvalue weighted by atomic mass is 10.2. The monoisotopic (exact) mass is 318 g/mol. The Morgan fingerprint density at radius 1 is 1.35 bits per heavy atom. The van der Waals surface area contributed by atoms with Crippen LogP contribution >= 0.6 is 0 Å². The normalized spacial score (nSPS) is 11.2. The molecule has 1 aromatic heterocycles. The summed E-state index contributed by atoms with van der Waals surface area (Å²) in [5.41, 5.74) is 0.848. The van der Waals surface area contributed by atoms with Crippen LogP contribution in [0.3, 0.4) is 0 Å². The predicted octanol–water partition coefficient (Wildman–Crippen LogP) is 1.41. The molecule has 1 aromatic carbocycles. The molecule has 2 aromatic rings. The molecule has 0 spiro atoms. The maximum absolute atomic E-state index is 5.57. The molecule has 2 rings (SSSR count). The minimum atomic E-state index is 0.518. The van der Waals surface area contributed by atoms with Crippen molar-refractivity contribution in [3.05, 3.63) is 30.4 Å². The van der Waals surface area contributed by atoms with Crippen LogP contribution < -0.4 is 20.1 Å². The largest absolute Gasteiger partial charge is 0.493 e. The third kappa shape index (κ3) is 4.35. The van der Waals surface area contributed by atoms with E-state index in [1.54, 1.807) is 20.5 Å². The van der Waals surface area contributed by atoms with Crippen molar-refractivity contribution in [2.45, 2.75) is 13.5 Å². The van der Waals surface area contributed by atoms with Gasteiger partial charge in [0, 0.05) is 25.8 Å². The number of aliphatic imine (C=N–C) groups is 1. The molecule has 124 valence electrons. The van der Waals surface area contributed by atoms with Gasteiger partial charge in [0.25, 0.3) is 0 Å². The molecular weight excluding hydrogens is 296 g/mol. The fourth-order valence-corrected chi connectivity index (χ4v) is 1.97. The first-order valence-corrected chi connectivity index (χ1v) is 7.29. The quantitative estimate of drug-likeness (QED) is 0.619. The van der Waals surface area contributed by atoms with E-state index in [1.807, 2.05) is 36.7 Å². The van der Waals surface area contributed by atoms with Crippen molar-refractivity contribution in [3.8, 4) is 11.5 Å². The Bertz CT molecular complexity index is 668. The molecule has 0 aliphatic heterocycles. The first-order valence-electron chi connectivity index (χ1n) is 7.29. The van der Waals surface area contributed by atoms with Gasteiger partial charge in [-0.25, -0.2) is 0 Å². The average molecular weight is 318 g/mol. The van der Waals surface area contributed by atoms with Gasteiger partial charge in [0.05, 0.1) is 20.3 Å². The molecule has 0 atom stereocenters. The minimum Gasteiger partial charge on any atom is -0.493 e. The topological polar surface area (TPSA) is 85.6 Å². The van der Waals surface area contributed by atoms with Gasteiger partial charge >= 0.3 is 0 Å². The van der Waals surface area contributed by atoms with E-state index < -0.39 is 0 Å². The van der Waals surface area contributed by atoms with Crippen LogP contribution in [0.2, 0.25) is 0 Å². The van der Waals surface area contributed by atoms with E-state index >= 15 is 0 Å². The first-order chi connectivity index (χ1) is 11.2.